The summed E-state index contributed by atoms with van der Waals surface area (Å²) < 4.78 is 4.20. The maximum absolute atomic E-state index is 14.7. The molecule has 9 heteroatoms. The molecular weight excluding hydrogens is 966 g/mol. The van der Waals surface area contributed by atoms with Crippen molar-refractivity contribution < 1.29 is 0 Å². The predicted molar refractivity (Wildman–Crippen MR) is 320 cm³/mol. The Morgan fingerprint density at radius 1 is 0.377 bits per heavy atom. The highest BCUT2D eigenvalue weighted by Gasteiger charge is 2.42. The summed E-state index contributed by atoms with van der Waals surface area (Å²) in [5.74, 6) is 0. The van der Waals surface area contributed by atoms with E-state index in [1.165, 1.54) is 21.4 Å². The first-order valence-electron chi connectivity index (χ1n) is 26.0. The van der Waals surface area contributed by atoms with Crippen molar-refractivity contribution in [1.82, 2.24) is 8.80 Å². The maximum atomic E-state index is 14.7. The van der Waals surface area contributed by atoms with Gasteiger partial charge in [0.15, 0.2) is 21.7 Å². The number of fused-ring (bicyclic) bond motifs is 12. The van der Waals surface area contributed by atoms with Crippen LogP contribution in [-0.4, -0.2) is 15.5 Å². The number of rotatable bonds is 3. The van der Waals surface area contributed by atoms with Gasteiger partial charge in [-0.15, -0.1) is 0 Å². The normalized spacial score (nSPS) is 13.2. The van der Waals surface area contributed by atoms with E-state index in [-0.39, 0.29) is 33.8 Å². The molecule has 0 bridgehead atoms. The quantitative estimate of drug-likeness (QED) is 0.0996. The fourth-order valence-electron chi connectivity index (χ4n) is 12.9. The molecule has 16 rings (SSSR count). The van der Waals surface area contributed by atoms with Gasteiger partial charge in [0.25, 0.3) is 0 Å². The van der Waals surface area contributed by atoms with Crippen molar-refractivity contribution in [2.45, 2.75) is 36.0 Å². The molecule has 0 saturated carbocycles. The monoisotopic (exact) mass is 1010 g/mol. The summed E-state index contributed by atoms with van der Waals surface area (Å²) in [4.78, 5) is 61.7. The first-order chi connectivity index (χ1) is 37.5. The van der Waals surface area contributed by atoms with Gasteiger partial charge < -0.3 is 13.7 Å². The van der Waals surface area contributed by atoms with Gasteiger partial charge in [0.1, 0.15) is 0 Å². The van der Waals surface area contributed by atoms with E-state index in [2.05, 4.69) is 132 Å². The molecule has 0 atom stereocenters. The van der Waals surface area contributed by atoms with Crippen LogP contribution in [0.25, 0.3) is 98.4 Å². The van der Waals surface area contributed by atoms with E-state index in [0.717, 1.165) is 71.7 Å². The van der Waals surface area contributed by atoms with Gasteiger partial charge in [-0.25, -0.2) is 0 Å². The zero-order valence-electron chi connectivity index (χ0n) is 42.0. The van der Waals surface area contributed by atoms with Crippen LogP contribution in [0.3, 0.4) is 0 Å². The molecule has 0 unspecified atom stereocenters. The van der Waals surface area contributed by atoms with Crippen LogP contribution < -0.4 is 43.0 Å². The molecule has 0 radical (unpaired) electrons. The molecule has 6 heterocycles. The van der Waals surface area contributed by atoms with Gasteiger partial charge >= 0.3 is 0 Å². The molecule has 4 aromatic heterocycles. The zero-order chi connectivity index (χ0) is 51.7. The number of pyridine rings is 4. The van der Waals surface area contributed by atoms with Crippen LogP contribution in [-0.2, 0) is 5.41 Å². The smallest absolute Gasteiger partial charge is 0.249 e. The minimum atomic E-state index is -0.180. The Morgan fingerprint density at radius 3 is 1.52 bits per heavy atom. The fourth-order valence-corrected chi connectivity index (χ4v) is 14.1. The van der Waals surface area contributed by atoms with Crippen LogP contribution in [0.4, 0.5) is 17.1 Å². The summed E-state index contributed by atoms with van der Waals surface area (Å²) in [6.07, 6.45) is 0. The van der Waals surface area contributed by atoms with Crippen LogP contribution in [0, 0.1) is 0 Å². The molecule has 7 nitrogen and oxygen atoms in total. The summed E-state index contributed by atoms with van der Waals surface area (Å²) in [5.41, 5.74) is 15.8. The first-order valence-corrected chi connectivity index (χ1v) is 26.8. The number of anilines is 3. The number of nitrogens with zero attached hydrogens (tertiary/aromatic N) is 3. The van der Waals surface area contributed by atoms with Gasteiger partial charge in [0.2, 0.25) is 6.71 Å². The van der Waals surface area contributed by atoms with Gasteiger partial charge in [-0.3, -0.25) is 19.2 Å². The lowest BCUT2D eigenvalue weighted by Gasteiger charge is -2.41. The number of hydrogen-bond acceptors (Lipinski definition) is 6. The first kappa shape index (κ1) is 44.0. The second kappa shape index (κ2) is 15.6. The third-order valence-corrected chi connectivity index (χ3v) is 17.7. The minimum absolute atomic E-state index is 0.0769. The number of aromatic nitrogens is 2. The van der Waals surface area contributed by atoms with Crippen molar-refractivity contribution in [2.24, 2.45) is 0 Å². The van der Waals surface area contributed by atoms with Crippen molar-refractivity contribution >= 4 is 128 Å². The molecule has 2 aliphatic rings. The fraction of sp³-hybridized carbons (Fsp3) is 0.0588. The van der Waals surface area contributed by atoms with Crippen LogP contribution in [0.15, 0.2) is 229 Å². The second-order valence-electron chi connectivity index (χ2n) is 21.8. The van der Waals surface area contributed by atoms with Crippen molar-refractivity contribution in [3.05, 3.63) is 247 Å². The van der Waals surface area contributed by atoms with Gasteiger partial charge in [-0.05, 0) is 153 Å². The number of benzene rings is 10. The van der Waals surface area contributed by atoms with Crippen LogP contribution in [0.1, 0.15) is 26.3 Å². The van der Waals surface area contributed by atoms with E-state index in [4.69, 9.17) is 0 Å². The third kappa shape index (κ3) is 6.06. The van der Waals surface area contributed by atoms with Gasteiger partial charge in [-0.2, -0.15) is 0 Å². The third-order valence-electron chi connectivity index (χ3n) is 16.6. The maximum Gasteiger partial charge on any atom is 0.249 e. The van der Waals surface area contributed by atoms with Crippen LogP contribution >= 0.6 is 11.8 Å². The van der Waals surface area contributed by atoms with E-state index in [9.17, 15) is 19.2 Å². The Balaban J connectivity index is 0.937. The molecule has 0 N–H and O–H groups in total. The molecule has 0 saturated heterocycles. The molecule has 0 spiro atoms. The molecule has 14 aromatic rings. The minimum Gasteiger partial charge on any atom is -0.311 e. The van der Waals surface area contributed by atoms with E-state index < -0.39 is 0 Å². The Bertz CT molecular complexity index is 5220. The van der Waals surface area contributed by atoms with Gasteiger partial charge in [0.05, 0.1) is 33.1 Å². The Labute approximate surface area is 444 Å². The standard InChI is InChI=1S/C68H42BN3O4S/c1-68(2,3)41-35-58-61-60(36-41)77-59-30-26-39(37-24-28-55-50(31-37)67(76)49-20-12-17-46-62(49)71(55)53-21-9-7-15-43(53)64(46)73)33-52(59)69(61)51-32-38(25-29-56(51)70(58)42-13-5-4-6-14-42)40-23-27-45-57(34-40)72-54-22-10-8-16-44(54)65(74)47-18-11-19-48(63(47)72)66(45)75/h4-36H,1-3H3. The molecular formula is C68H42BN3O4S. The predicted octanol–water partition coefficient (Wildman–Crippen LogP) is 12.8. The summed E-state index contributed by atoms with van der Waals surface area (Å²) >= 11 is 1.81. The molecule has 0 fully saturated rings. The summed E-state index contributed by atoms with van der Waals surface area (Å²) in [6.45, 7) is 6.65. The largest absolute Gasteiger partial charge is 0.311 e. The van der Waals surface area contributed by atoms with Crippen molar-refractivity contribution in [3.8, 4) is 22.3 Å². The lowest BCUT2D eigenvalue weighted by Crippen LogP contribution is -2.60. The Morgan fingerprint density at radius 2 is 0.870 bits per heavy atom. The molecule has 77 heavy (non-hydrogen) atoms. The molecule has 0 aliphatic carbocycles. The second-order valence-corrected chi connectivity index (χ2v) is 22.9. The molecule has 2 aliphatic heterocycles. The average molecular weight is 1010 g/mol. The van der Waals surface area contributed by atoms with E-state index in [0.29, 0.717) is 54.1 Å². The van der Waals surface area contributed by atoms with Gasteiger partial charge in [-0.1, -0.05) is 129 Å². The van der Waals surface area contributed by atoms with Gasteiger partial charge in [0, 0.05) is 69.9 Å². The summed E-state index contributed by atoms with van der Waals surface area (Å²) in [7, 11) is 0. The highest BCUT2D eigenvalue weighted by atomic mass is 32.2. The highest BCUT2D eigenvalue weighted by molar-refractivity contribution is 8.00. The highest BCUT2D eigenvalue weighted by Crippen LogP contribution is 2.45. The van der Waals surface area contributed by atoms with Crippen LogP contribution in [0.5, 0.6) is 0 Å². The molecule has 362 valence electrons. The van der Waals surface area contributed by atoms with Crippen molar-refractivity contribution in [2.75, 3.05) is 4.90 Å². The zero-order valence-corrected chi connectivity index (χ0v) is 42.8. The van der Waals surface area contributed by atoms with Crippen molar-refractivity contribution in [3.63, 3.8) is 0 Å². The SMILES string of the molecule is CC(C)(C)c1cc2c3c(c1)N(c1ccccc1)c1ccc(-c4ccc5c(=O)c6cccc7c(=O)c8ccccc8n(c5c4)c76)cc1B3c1cc(-c3ccc4c(c3)c(=O)c3cccc5c(=O)c6ccccc6n4c53)ccc1S2. The lowest BCUT2D eigenvalue weighted by molar-refractivity contribution is 0.589. The molecule has 0 amide bonds. The summed E-state index contributed by atoms with van der Waals surface area (Å²) in [6, 6.07) is 67.5. The lowest BCUT2D eigenvalue weighted by atomic mass is 9.34. The van der Waals surface area contributed by atoms with E-state index in [1.54, 1.807) is 6.07 Å². The van der Waals surface area contributed by atoms with E-state index in [1.807, 2.05) is 109 Å². The van der Waals surface area contributed by atoms with E-state index >= 15 is 0 Å². The topological polar surface area (TPSA) is 80.3 Å². The number of hydrogen-bond donors (Lipinski definition) is 0. The Hall–Kier alpha value is -9.31. The van der Waals surface area contributed by atoms with Crippen LogP contribution in [0.2, 0.25) is 0 Å². The summed E-state index contributed by atoms with van der Waals surface area (Å²) in [5, 5.41) is 4.48. The average Bonchev–Trinajstić information content (AvgIpc) is 3.59. The Kier molecular flexibility index (Phi) is 8.94. The van der Waals surface area contributed by atoms with Crippen molar-refractivity contribution in [1.29, 1.82) is 0 Å². The molecule has 10 aromatic carbocycles. The number of para-hydroxylation sites is 5.